The van der Waals surface area contributed by atoms with Crippen molar-refractivity contribution >= 4 is 5.97 Å². The molecule has 1 N–H and O–H groups in total. The normalized spacial score (nSPS) is 13.7. The van der Waals surface area contributed by atoms with E-state index < -0.39 is 5.41 Å². The summed E-state index contributed by atoms with van der Waals surface area (Å²) in [6, 6.07) is 9.94. The Labute approximate surface area is 138 Å². The number of nitrogens with one attached hydrogen (secondary N) is 1. The van der Waals surface area contributed by atoms with Crippen LogP contribution in [0.1, 0.15) is 45.0 Å². The Balaban J connectivity index is 2.45. The molecule has 4 heteroatoms. The summed E-state index contributed by atoms with van der Waals surface area (Å²) in [6.45, 7) is 6.58. The first-order chi connectivity index (χ1) is 11.1. The maximum Gasteiger partial charge on any atom is 0.317 e. The molecule has 1 aromatic heterocycles. The summed E-state index contributed by atoms with van der Waals surface area (Å²) in [7, 11) is 0. The maximum atomic E-state index is 12.9. The summed E-state index contributed by atoms with van der Waals surface area (Å²) < 4.78 is 5.46. The van der Waals surface area contributed by atoms with Crippen molar-refractivity contribution < 1.29 is 9.53 Å². The van der Waals surface area contributed by atoms with E-state index in [1.807, 2.05) is 37.3 Å². The van der Waals surface area contributed by atoms with Crippen LogP contribution in [0.4, 0.5) is 0 Å². The van der Waals surface area contributed by atoms with Gasteiger partial charge >= 0.3 is 5.97 Å². The van der Waals surface area contributed by atoms with Crippen LogP contribution in [-0.2, 0) is 21.4 Å². The number of esters is 1. The summed E-state index contributed by atoms with van der Waals surface area (Å²) in [6.07, 6.45) is 5.73. The highest BCUT2D eigenvalue weighted by Gasteiger charge is 2.42. The zero-order chi connectivity index (χ0) is 16.7. The Bertz CT molecular complexity index is 593. The maximum absolute atomic E-state index is 12.9. The fourth-order valence-electron chi connectivity index (χ4n) is 2.87. The van der Waals surface area contributed by atoms with Gasteiger partial charge < -0.3 is 9.72 Å². The van der Waals surface area contributed by atoms with Crippen molar-refractivity contribution in [2.24, 2.45) is 5.92 Å². The molecule has 0 aliphatic rings. The molecule has 124 valence electrons. The molecule has 0 saturated carbocycles. The van der Waals surface area contributed by atoms with Crippen molar-refractivity contribution in [3.8, 4) is 0 Å². The molecule has 23 heavy (non-hydrogen) atoms. The van der Waals surface area contributed by atoms with E-state index in [9.17, 15) is 4.79 Å². The van der Waals surface area contributed by atoms with Gasteiger partial charge in [0.25, 0.3) is 0 Å². The van der Waals surface area contributed by atoms with Crippen LogP contribution in [0.3, 0.4) is 0 Å². The summed E-state index contributed by atoms with van der Waals surface area (Å²) in [5, 5.41) is 0. The molecule has 2 aromatic rings. The molecule has 4 nitrogen and oxygen atoms in total. The zero-order valence-corrected chi connectivity index (χ0v) is 14.2. The third-order valence-electron chi connectivity index (χ3n) is 4.17. The average Bonchev–Trinajstić information content (AvgIpc) is 3.05. The number of benzene rings is 1. The van der Waals surface area contributed by atoms with Gasteiger partial charge in [0.05, 0.1) is 12.0 Å². The number of imidazole rings is 1. The van der Waals surface area contributed by atoms with Gasteiger partial charge in [-0.05, 0) is 31.2 Å². The Kier molecular flexibility index (Phi) is 5.97. The van der Waals surface area contributed by atoms with Crippen LogP contribution in [0.2, 0.25) is 0 Å². The Morgan fingerprint density at radius 3 is 2.61 bits per heavy atom. The lowest BCUT2D eigenvalue weighted by Gasteiger charge is -2.32. The van der Waals surface area contributed by atoms with E-state index in [1.54, 1.807) is 12.4 Å². The van der Waals surface area contributed by atoms with Gasteiger partial charge in [-0.25, -0.2) is 4.98 Å². The summed E-state index contributed by atoms with van der Waals surface area (Å²) in [4.78, 5) is 20.4. The van der Waals surface area contributed by atoms with E-state index in [0.29, 0.717) is 18.9 Å². The van der Waals surface area contributed by atoms with Crippen LogP contribution in [0.25, 0.3) is 0 Å². The lowest BCUT2D eigenvalue weighted by molar-refractivity contribution is -0.150. The Morgan fingerprint density at radius 1 is 1.30 bits per heavy atom. The molecule has 1 aromatic carbocycles. The van der Waals surface area contributed by atoms with Gasteiger partial charge in [-0.15, -0.1) is 0 Å². The van der Waals surface area contributed by atoms with Crippen molar-refractivity contribution in [1.82, 2.24) is 9.97 Å². The number of rotatable bonds is 8. The second-order valence-electron chi connectivity index (χ2n) is 6.31. The molecule has 0 aliphatic carbocycles. The fraction of sp³-hybridized carbons (Fsp3) is 0.474. The van der Waals surface area contributed by atoms with E-state index in [4.69, 9.17) is 4.74 Å². The molecular formula is C19H26N2O2. The van der Waals surface area contributed by atoms with Gasteiger partial charge in [0.2, 0.25) is 0 Å². The van der Waals surface area contributed by atoms with E-state index in [2.05, 4.69) is 23.8 Å². The molecule has 0 fully saturated rings. The average molecular weight is 314 g/mol. The highest BCUT2D eigenvalue weighted by molar-refractivity contribution is 5.83. The summed E-state index contributed by atoms with van der Waals surface area (Å²) >= 11 is 0. The first kappa shape index (κ1) is 17.3. The molecule has 2 rings (SSSR count). The highest BCUT2D eigenvalue weighted by Crippen LogP contribution is 2.35. The minimum Gasteiger partial charge on any atom is -0.465 e. The molecule has 1 unspecified atom stereocenters. The van der Waals surface area contributed by atoms with E-state index in [0.717, 1.165) is 24.2 Å². The second kappa shape index (κ2) is 7.95. The number of carbonyl (C=O) groups excluding carboxylic acids is 1. The molecule has 0 aliphatic heterocycles. The number of aromatic nitrogens is 2. The Hall–Kier alpha value is -2.10. The van der Waals surface area contributed by atoms with Crippen molar-refractivity contribution in [3.05, 3.63) is 54.1 Å². The van der Waals surface area contributed by atoms with Crippen LogP contribution in [-0.4, -0.2) is 22.5 Å². The standard InChI is InChI=1S/C19H26N2O2/c1-4-23-18(22)19(11-10-15(2)3,14-17-20-12-13-21-17)16-8-6-5-7-9-16/h5-9,12-13,15H,4,10-11,14H2,1-3H3,(H,20,21). The molecule has 0 radical (unpaired) electrons. The largest absolute Gasteiger partial charge is 0.465 e. The quantitative estimate of drug-likeness (QED) is 0.752. The van der Waals surface area contributed by atoms with Crippen molar-refractivity contribution in [1.29, 1.82) is 0 Å². The predicted octanol–water partition coefficient (Wildman–Crippen LogP) is 3.89. The summed E-state index contributed by atoms with van der Waals surface area (Å²) in [5.41, 5.74) is 0.301. The van der Waals surface area contributed by atoms with Crippen LogP contribution < -0.4 is 0 Å². The van der Waals surface area contributed by atoms with Crippen molar-refractivity contribution in [2.75, 3.05) is 6.61 Å². The third kappa shape index (κ3) is 4.21. The minimum atomic E-state index is -0.695. The van der Waals surface area contributed by atoms with Crippen molar-refractivity contribution in [3.63, 3.8) is 0 Å². The SMILES string of the molecule is CCOC(=O)C(CCC(C)C)(Cc1ncc[nH]1)c1ccccc1. The van der Waals surface area contributed by atoms with Gasteiger partial charge in [-0.2, -0.15) is 0 Å². The first-order valence-electron chi connectivity index (χ1n) is 8.29. The number of aromatic amines is 1. The fourth-order valence-corrected chi connectivity index (χ4v) is 2.87. The number of H-pyrrole nitrogens is 1. The second-order valence-corrected chi connectivity index (χ2v) is 6.31. The number of hydrogen-bond donors (Lipinski definition) is 1. The van der Waals surface area contributed by atoms with Gasteiger partial charge in [-0.3, -0.25) is 4.79 Å². The molecular weight excluding hydrogens is 288 g/mol. The smallest absolute Gasteiger partial charge is 0.317 e. The molecule has 0 saturated heterocycles. The number of hydrogen-bond acceptors (Lipinski definition) is 3. The molecule has 1 heterocycles. The molecule has 1 atom stereocenters. The van der Waals surface area contributed by atoms with Gasteiger partial charge in [-0.1, -0.05) is 44.2 Å². The monoisotopic (exact) mass is 314 g/mol. The lowest BCUT2D eigenvalue weighted by atomic mass is 9.72. The van der Waals surface area contributed by atoms with Crippen LogP contribution in [0.15, 0.2) is 42.7 Å². The first-order valence-corrected chi connectivity index (χ1v) is 8.29. The van der Waals surface area contributed by atoms with Crippen molar-refractivity contribution in [2.45, 2.75) is 45.4 Å². The zero-order valence-electron chi connectivity index (χ0n) is 14.2. The number of carbonyl (C=O) groups is 1. The summed E-state index contributed by atoms with van der Waals surface area (Å²) in [5.74, 6) is 1.16. The van der Waals surface area contributed by atoms with Crippen LogP contribution in [0.5, 0.6) is 0 Å². The van der Waals surface area contributed by atoms with Gasteiger partial charge in [0, 0.05) is 18.8 Å². The lowest BCUT2D eigenvalue weighted by Crippen LogP contribution is -2.40. The number of ether oxygens (including phenoxy) is 1. The van der Waals surface area contributed by atoms with Gasteiger partial charge in [0.15, 0.2) is 0 Å². The van der Waals surface area contributed by atoms with E-state index in [-0.39, 0.29) is 5.97 Å². The number of nitrogens with zero attached hydrogens (tertiary/aromatic N) is 1. The topological polar surface area (TPSA) is 55.0 Å². The Morgan fingerprint density at radius 2 is 2.04 bits per heavy atom. The molecule has 0 bridgehead atoms. The third-order valence-corrected chi connectivity index (χ3v) is 4.17. The van der Waals surface area contributed by atoms with Crippen LogP contribution >= 0.6 is 0 Å². The highest BCUT2D eigenvalue weighted by atomic mass is 16.5. The van der Waals surface area contributed by atoms with E-state index >= 15 is 0 Å². The molecule has 0 amide bonds. The van der Waals surface area contributed by atoms with E-state index in [1.165, 1.54) is 0 Å². The van der Waals surface area contributed by atoms with Crippen LogP contribution in [0, 0.1) is 5.92 Å². The minimum absolute atomic E-state index is 0.164. The predicted molar refractivity (Wildman–Crippen MR) is 91.1 cm³/mol. The molecule has 0 spiro atoms. The van der Waals surface area contributed by atoms with Gasteiger partial charge in [0.1, 0.15) is 5.82 Å².